The summed E-state index contributed by atoms with van der Waals surface area (Å²) in [4.78, 5) is 11.2. The van der Waals surface area contributed by atoms with E-state index in [2.05, 4.69) is 4.74 Å². The zero-order valence-electron chi connectivity index (χ0n) is 9.82. The predicted molar refractivity (Wildman–Crippen MR) is 61.2 cm³/mol. The highest BCUT2D eigenvalue weighted by molar-refractivity contribution is 5.71. The van der Waals surface area contributed by atoms with E-state index in [1.165, 1.54) is 7.11 Å². The molecule has 1 rings (SSSR count). The third-order valence-electron chi connectivity index (χ3n) is 2.49. The molecule has 0 aromatic heterocycles. The average molecular weight is 223 g/mol. The van der Waals surface area contributed by atoms with Crippen molar-refractivity contribution < 1.29 is 14.3 Å². The van der Waals surface area contributed by atoms with E-state index in [-0.39, 0.29) is 12.4 Å². The maximum atomic E-state index is 11.2. The summed E-state index contributed by atoms with van der Waals surface area (Å²) in [6.45, 7) is 1.80. The van der Waals surface area contributed by atoms with Gasteiger partial charge in [-0.2, -0.15) is 0 Å². The van der Waals surface area contributed by atoms with E-state index >= 15 is 0 Å². The van der Waals surface area contributed by atoms with Gasteiger partial charge in [0.1, 0.15) is 5.75 Å². The number of rotatable bonds is 4. The molecule has 0 unspecified atom stereocenters. The highest BCUT2D eigenvalue weighted by atomic mass is 16.5. The Kier molecular flexibility index (Phi) is 3.90. The Morgan fingerprint density at radius 1 is 1.31 bits per heavy atom. The van der Waals surface area contributed by atoms with Crippen LogP contribution in [0.4, 0.5) is 0 Å². The fourth-order valence-electron chi connectivity index (χ4n) is 1.45. The van der Waals surface area contributed by atoms with Crippen molar-refractivity contribution >= 4 is 5.97 Å². The predicted octanol–water partition coefficient (Wildman–Crippen LogP) is 1.43. The zero-order chi connectivity index (χ0) is 12.2. The van der Waals surface area contributed by atoms with Crippen LogP contribution in [0.3, 0.4) is 0 Å². The summed E-state index contributed by atoms with van der Waals surface area (Å²) in [5, 5.41) is 0. The molecule has 0 saturated carbocycles. The van der Waals surface area contributed by atoms with Gasteiger partial charge in [-0.05, 0) is 24.6 Å². The third-order valence-corrected chi connectivity index (χ3v) is 2.49. The Hall–Kier alpha value is -1.55. The minimum atomic E-state index is -0.723. The molecule has 4 nitrogen and oxygen atoms in total. The van der Waals surface area contributed by atoms with E-state index < -0.39 is 5.54 Å². The molecule has 0 saturated heterocycles. The van der Waals surface area contributed by atoms with Crippen molar-refractivity contribution in [2.24, 2.45) is 5.73 Å². The number of hydrogen-bond donors (Lipinski definition) is 1. The lowest BCUT2D eigenvalue weighted by Gasteiger charge is -2.23. The topological polar surface area (TPSA) is 61.5 Å². The number of esters is 1. The molecule has 0 radical (unpaired) electrons. The van der Waals surface area contributed by atoms with E-state index in [1.807, 2.05) is 24.3 Å². The van der Waals surface area contributed by atoms with Crippen LogP contribution in [0.1, 0.15) is 18.9 Å². The van der Waals surface area contributed by atoms with Crippen LogP contribution in [0.2, 0.25) is 0 Å². The van der Waals surface area contributed by atoms with E-state index in [4.69, 9.17) is 10.5 Å². The monoisotopic (exact) mass is 223 g/mol. The lowest BCUT2D eigenvalue weighted by Crippen LogP contribution is -2.35. The Labute approximate surface area is 95.3 Å². The minimum absolute atomic E-state index is 0.149. The normalized spacial score (nSPS) is 14.0. The molecule has 0 aliphatic carbocycles. The van der Waals surface area contributed by atoms with Crippen molar-refractivity contribution in [1.29, 1.82) is 0 Å². The molecule has 16 heavy (non-hydrogen) atoms. The van der Waals surface area contributed by atoms with Gasteiger partial charge in [0, 0.05) is 5.54 Å². The first-order chi connectivity index (χ1) is 7.49. The molecule has 4 heteroatoms. The molecule has 1 atom stereocenters. The van der Waals surface area contributed by atoms with Gasteiger partial charge in [-0.3, -0.25) is 4.79 Å². The fraction of sp³-hybridized carbons (Fsp3) is 0.417. The summed E-state index contributed by atoms with van der Waals surface area (Å²) < 4.78 is 9.66. The van der Waals surface area contributed by atoms with E-state index in [0.29, 0.717) is 0 Å². The number of carbonyl (C=O) groups is 1. The SMILES string of the molecule is COC(=O)C[C@@](C)(N)c1ccc(OC)cc1. The van der Waals surface area contributed by atoms with Crippen LogP contribution in [0.5, 0.6) is 5.75 Å². The summed E-state index contributed by atoms with van der Waals surface area (Å²) in [6.07, 6.45) is 0.149. The molecule has 0 amide bonds. The summed E-state index contributed by atoms with van der Waals surface area (Å²) in [5.74, 6) is 0.443. The van der Waals surface area contributed by atoms with Gasteiger partial charge in [-0.1, -0.05) is 12.1 Å². The molecule has 1 aromatic rings. The lowest BCUT2D eigenvalue weighted by atomic mass is 9.90. The van der Waals surface area contributed by atoms with Gasteiger partial charge in [0.15, 0.2) is 0 Å². The molecule has 0 bridgehead atoms. The van der Waals surface area contributed by atoms with Gasteiger partial charge in [0.05, 0.1) is 20.6 Å². The Morgan fingerprint density at radius 3 is 2.31 bits per heavy atom. The van der Waals surface area contributed by atoms with Crippen molar-refractivity contribution in [3.63, 3.8) is 0 Å². The Bertz CT molecular complexity index is 357. The second-order valence-corrected chi connectivity index (χ2v) is 3.90. The van der Waals surface area contributed by atoms with E-state index in [1.54, 1.807) is 14.0 Å². The second-order valence-electron chi connectivity index (χ2n) is 3.90. The summed E-state index contributed by atoms with van der Waals surface area (Å²) >= 11 is 0. The molecule has 0 aliphatic rings. The van der Waals surface area contributed by atoms with Crippen LogP contribution >= 0.6 is 0 Å². The van der Waals surface area contributed by atoms with Gasteiger partial charge < -0.3 is 15.2 Å². The first-order valence-corrected chi connectivity index (χ1v) is 5.00. The van der Waals surface area contributed by atoms with Gasteiger partial charge >= 0.3 is 5.97 Å². The quantitative estimate of drug-likeness (QED) is 0.784. The number of ether oxygens (including phenoxy) is 2. The Morgan fingerprint density at radius 2 is 1.88 bits per heavy atom. The van der Waals surface area contributed by atoms with E-state index in [9.17, 15) is 4.79 Å². The molecule has 2 N–H and O–H groups in total. The molecular weight excluding hydrogens is 206 g/mol. The van der Waals surface area contributed by atoms with Crippen LogP contribution in [0.15, 0.2) is 24.3 Å². The van der Waals surface area contributed by atoms with Crippen molar-refractivity contribution in [2.45, 2.75) is 18.9 Å². The largest absolute Gasteiger partial charge is 0.497 e. The van der Waals surface area contributed by atoms with Crippen LogP contribution in [0, 0.1) is 0 Å². The van der Waals surface area contributed by atoms with Gasteiger partial charge in [-0.15, -0.1) is 0 Å². The van der Waals surface area contributed by atoms with Crippen LogP contribution in [-0.2, 0) is 15.1 Å². The highest BCUT2D eigenvalue weighted by Gasteiger charge is 2.25. The average Bonchev–Trinajstić information content (AvgIpc) is 2.28. The van der Waals surface area contributed by atoms with Crippen molar-refractivity contribution in [2.75, 3.05) is 14.2 Å². The molecule has 0 aliphatic heterocycles. The highest BCUT2D eigenvalue weighted by Crippen LogP contribution is 2.24. The van der Waals surface area contributed by atoms with Crippen molar-refractivity contribution in [3.05, 3.63) is 29.8 Å². The standard InChI is InChI=1S/C12H17NO3/c1-12(13,8-11(14)16-3)9-4-6-10(15-2)7-5-9/h4-7H,8,13H2,1-3H3/t12-/m1/s1. The minimum Gasteiger partial charge on any atom is -0.497 e. The molecule has 88 valence electrons. The number of hydrogen-bond acceptors (Lipinski definition) is 4. The second kappa shape index (κ2) is 4.99. The number of nitrogens with two attached hydrogens (primary N) is 1. The summed E-state index contributed by atoms with van der Waals surface area (Å²) in [7, 11) is 2.96. The maximum Gasteiger partial charge on any atom is 0.307 e. The maximum absolute atomic E-state index is 11.2. The van der Waals surface area contributed by atoms with Gasteiger partial charge in [0.2, 0.25) is 0 Å². The number of methoxy groups -OCH3 is 2. The third kappa shape index (κ3) is 2.97. The first-order valence-electron chi connectivity index (χ1n) is 5.00. The molecule has 0 heterocycles. The van der Waals surface area contributed by atoms with E-state index in [0.717, 1.165) is 11.3 Å². The van der Waals surface area contributed by atoms with Gasteiger partial charge in [-0.25, -0.2) is 0 Å². The molecule has 1 aromatic carbocycles. The van der Waals surface area contributed by atoms with Crippen LogP contribution in [0.25, 0.3) is 0 Å². The number of benzene rings is 1. The fourth-order valence-corrected chi connectivity index (χ4v) is 1.45. The zero-order valence-corrected chi connectivity index (χ0v) is 9.82. The first kappa shape index (κ1) is 12.5. The molecule has 0 fully saturated rings. The van der Waals surface area contributed by atoms with Crippen molar-refractivity contribution in [1.82, 2.24) is 0 Å². The molecule has 0 spiro atoms. The molecular formula is C12H17NO3. The van der Waals surface area contributed by atoms with Crippen molar-refractivity contribution in [3.8, 4) is 5.75 Å². The smallest absolute Gasteiger partial charge is 0.307 e. The Balaban J connectivity index is 2.84. The van der Waals surface area contributed by atoms with Gasteiger partial charge in [0.25, 0.3) is 0 Å². The van der Waals surface area contributed by atoms with Crippen LogP contribution < -0.4 is 10.5 Å². The summed E-state index contributed by atoms with van der Waals surface area (Å²) in [6, 6.07) is 7.33. The number of carbonyl (C=O) groups excluding carboxylic acids is 1. The lowest BCUT2D eigenvalue weighted by molar-refractivity contribution is -0.141. The summed E-state index contributed by atoms with van der Waals surface area (Å²) in [5.41, 5.74) is 6.22. The van der Waals surface area contributed by atoms with Crippen LogP contribution in [-0.4, -0.2) is 20.2 Å².